The van der Waals surface area contributed by atoms with Crippen LogP contribution in [0.2, 0.25) is 0 Å². The Kier molecular flexibility index (Phi) is 4.76. The van der Waals surface area contributed by atoms with Crippen LogP contribution in [0.5, 0.6) is 0 Å². The SMILES string of the molecule is CCN(CCN)Cc1c(Br)c(C)nn1C. The Labute approximate surface area is 99.6 Å². The van der Waals surface area contributed by atoms with E-state index in [0.29, 0.717) is 6.54 Å². The first kappa shape index (κ1) is 12.7. The Hall–Kier alpha value is -0.390. The van der Waals surface area contributed by atoms with Gasteiger partial charge < -0.3 is 5.73 Å². The first-order valence-corrected chi connectivity index (χ1v) is 5.99. The number of rotatable bonds is 5. The lowest BCUT2D eigenvalue weighted by Gasteiger charge is -2.19. The molecule has 0 saturated heterocycles. The highest BCUT2D eigenvalue weighted by Gasteiger charge is 2.13. The van der Waals surface area contributed by atoms with Crippen molar-refractivity contribution in [3.8, 4) is 0 Å². The maximum Gasteiger partial charge on any atom is 0.0739 e. The van der Waals surface area contributed by atoms with Gasteiger partial charge in [-0.15, -0.1) is 0 Å². The average Bonchev–Trinajstić information content (AvgIpc) is 2.44. The van der Waals surface area contributed by atoms with Gasteiger partial charge in [0.05, 0.1) is 15.9 Å². The first-order chi connectivity index (χ1) is 7.10. The van der Waals surface area contributed by atoms with Crippen molar-refractivity contribution in [1.82, 2.24) is 14.7 Å². The van der Waals surface area contributed by atoms with E-state index in [9.17, 15) is 0 Å². The predicted molar refractivity (Wildman–Crippen MR) is 65.7 cm³/mol. The fourth-order valence-electron chi connectivity index (χ4n) is 1.60. The second-order valence-electron chi connectivity index (χ2n) is 3.63. The zero-order valence-corrected chi connectivity index (χ0v) is 11.2. The lowest BCUT2D eigenvalue weighted by atomic mass is 10.3. The minimum atomic E-state index is 0.697. The van der Waals surface area contributed by atoms with Crippen molar-refractivity contribution in [3.05, 3.63) is 15.9 Å². The maximum absolute atomic E-state index is 5.56. The highest BCUT2D eigenvalue weighted by atomic mass is 79.9. The van der Waals surface area contributed by atoms with E-state index in [1.807, 2.05) is 18.7 Å². The second kappa shape index (κ2) is 5.63. The van der Waals surface area contributed by atoms with E-state index in [-0.39, 0.29) is 0 Å². The standard InChI is InChI=1S/C10H19BrN4/c1-4-15(6-5-12)7-9-10(11)8(2)13-14(9)3/h4-7,12H2,1-3H3. The molecule has 0 aliphatic rings. The van der Waals surface area contributed by atoms with E-state index < -0.39 is 0 Å². The van der Waals surface area contributed by atoms with E-state index in [2.05, 4.69) is 32.9 Å². The molecule has 0 atom stereocenters. The van der Waals surface area contributed by atoms with Crippen LogP contribution in [0, 0.1) is 6.92 Å². The van der Waals surface area contributed by atoms with Gasteiger partial charge in [0.1, 0.15) is 0 Å². The third-order valence-corrected chi connectivity index (χ3v) is 3.56. The number of aryl methyl sites for hydroxylation is 2. The van der Waals surface area contributed by atoms with Crippen molar-refractivity contribution in [1.29, 1.82) is 0 Å². The van der Waals surface area contributed by atoms with E-state index >= 15 is 0 Å². The molecule has 15 heavy (non-hydrogen) atoms. The smallest absolute Gasteiger partial charge is 0.0739 e. The molecule has 0 saturated carbocycles. The van der Waals surface area contributed by atoms with E-state index in [0.717, 1.165) is 29.8 Å². The molecule has 0 aliphatic carbocycles. The molecule has 4 nitrogen and oxygen atoms in total. The zero-order valence-electron chi connectivity index (χ0n) is 9.63. The molecule has 0 aromatic carbocycles. The largest absolute Gasteiger partial charge is 0.329 e. The molecule has 0 fully saturated rings. The maximum atomic E-state index is 5.56. The highest BCUT2D eigenvalue weighted by Crippen LogP contribution is 2.21. The van der Waals surface area contributed by atoms with Gasteiger partial charge in [-0.05, 0) is 29.4 Å². The molecule has 0 radical (unpaired) electrons. The number of hydrogen-bond acceptors (Lipinski definition) is 3. The van der Waals surface area contributed by atoms with E-state index in [1.165, 1.54) is 5.69 Å². The van der Waals surface area contributed by atoms with Gasteiger partial charge in [-0.3, -0.25) is 9.58 Å². The van der Waals surface area contributed by atoms with Crippen molar-refractivity contribution in [2.24, 2.45) is 12.8 Å². The molecule has 0 bridgehead atoms. The molecule has 1 rings (SSSR count). The van der Waals surface area contributed by atoms with Crippen LogP contribution in [-0.2, 0) is 13.6 Å². The van der Waals surface area contributed by atoms with Crippen molar-refractivity contribution in [3.63, 3.8) is 0 Å². The number of hydrogen-bond donors (Lipinski definition) is 1. The quantitative estimate of drug-likeness (QED) is 0.880. The summed E-state index contributed by atoms with van der Waals surface area (Å²) in [4.78, 5) is 2.31. The topological polar surface area (TPSA) is 47.1 Å². The fraction of sp³-hybridized carbons (Fsp3) is 0.700. The molecule has 2 N–H and O–H groups in total. The Bertz CT molecular complexity index is 321. The second-order valence-corrected chi connectivity index (χ2v) is 4.42. The summed E-state index contributed by atoms with van der Waals surface area (Å²) in [7, 11) is 1.98. The summed E-state index contributed by atoms with van der Waals surface area (Å²) < 4.78 is 3.04. The minimum absolute atomic E-state index is 0.697. The summed E-state index contributed by atoms with van der Waals surface area (Å²) in [6, 6.07) is 0. The van der Waals surface area contributed by atoms with Crippen LogP contribution < -0.4 is 5.73 Å². The third kappa shape index (κ3) is 3.03. The average molecular weight is 275 g/mol. The Morgan fingerprint density at radius 2 is 2.20 bits per heavy atom. The van der Waals surface area contributed by atoms with Gasteiger partial charge in [0.25, 0.3) is 0 Å². The molecule has 0 spiro atoms. The van der Waals surface area contributed by atoms with Gasteiger partial charge >= 0.3 is 0 Å². The Morgan fingerprint density at radius 3 is 2.60 bits per heavy atom. The van der Waals surface area contributed by atoms with Crippen molar-refractivity contribution >= 4 is 15.9 Å². The monoisotopic (exact) mass is 274 g/mol. The first-order valence-electron chi connectivity index (χ1n) is 5.20. The van der Waals surface area contributed by atoms with Gasteiger partial charge in [0.15, 0.2) is 0 Å². The van der Waals surface area contributed by atoms with Crippen molar-refractivity contribution < 1.29 is 0 Å². The normalized spacial score (nSPS) is 11.3. The van der Waals surface area contributed by atoms with Crippen molar-refractivity contribution in [2.45, 2.75) is 20.4 Å². The Morgan fingerprint density at radius 1 is 1.53 bits per heavy atom. The Balaban J connectivity index is 2.78. The summed E-state index contributed by atoms with van der Waals surface area (Å²) in [6.45, 7) is 7.68. The third-order valence-electron chi connectivity index (χ3n) is 2.53. The van der Waals surface area contributed by atoms with Crippen LogP contribution in [0.4, 0.5) is 0 Å². The van der Waals surface area contributed by atoms with Gasteiger partial charge in [-0.1, -0.05) is 6.92 Å². The van der Waals surface area contributed by atoms with Gasteiger partial charge in [0, 0.05) is 26.7 Å². The van der Waals surface area contributed by atoms with Crippen LogP contribution in [0.3, 0.4) is 0 Å². The summed E-state index contributed by atoms with van der Waals surface area (Å²) in [5.74, 6) is 0. The van der Waals surface area contributed by atoms with Crippen molar-refractivity contribution in [2.75, 3.05) is 19.6 Å². The van der Waals surface area contributed by atoms with Crippen LogP contribution in [0.15, 0.2) is 4.47 Å². The number of aromatic nitrogens is 2. The number of likely N-dealkylation sites (N-methyl/N-ethyl adjacent to an activating group) is 1. The summed E-state index contributed by atoms with van der Waals surface area (Å²) >= 11 is 3.57. The molecular formula is C10H19BrN4. The molecule has 5 heteroatoms. The molecule has 1 aromatic rings. The predicted octanol–water partition coefficient (Wildman–Crippen LogP) is 1.27. The molecule has 1 heterocycles. The lowest BCUT2D eigenvalue weighted by molar-refractivity contribution is 0.279. The summed E-state index contributed by atoms with van der Waals surface area (Å²) in [5.41, 5.74) is 7.81. The minimum Gasteiger partial charge on any atom is -0.329 e. The fourth-order valence-corrected chi connectivity index (χ4v) is 2.06. The van der Waals surface area contributed by atoms with E-state index in [4.69, 9.17) is 5.73 Å². The summed E-state index contributed by atoms with van der Waals surface area (Å²) in [5, 5.41) is 4.37. The van der Waals surface area contributed by atoms with Gasteiger partial charge in [-0.2, -0.15) is 5.10 Å². The molecule has 86 valence electrons. The number of halogens is 1. The van der Waals surface area contributed by atoms with Crippen LogP contribution in [0.1, 0.15) is 18.3 Å². The van der Waals surface area contributed by atoms with Gasteiger partial charge in [-0.25, -0.2) is 0 Å². The number of nitrogens with two attached hydrogens (primary N) is 1. The lowest BCUT2D eigenvalue weighted by Crippen LogP contribution is -2.29. The molecule has 0 unspecified atom stereocenters. The highest BCUT2D eigenvalue weighted by molar-refractivity contribution is 9.10. The van der Waals surface area contributed by atoms with E-state index in [1.54, 1.807) is 0 Å². The van der Waals surface area contributed by atoms with Crippen LogP contribution in [0.25, 0.3) is 0 Å². The van der Waals surface area contributed by atoms with Crippen LogP contribution >= 0.6 is 15.9 Å². The zero-order chi connectivity index (χ0) is 11.4. The summed E-state index contributed by atoms with van der Waals surface area (Å²) in [6.07, 6.45) is 0. The molecule has 0 amide bonds. The molecule has 0 aliphatic heterocycles. The van der Waals surface area contributed by atoms with Crippen LogP contribution in [-0.4, -0.2) is 34.3 Å². The molecule has 1 aromatic heterocycles. The van der Waals surface area contributed by atoms with Gasteiger partial charge in [0.2, 0.25) is 0 Å². The molecular weight excluding hydrogens is 256 g/mol. The number of nitrogens with zero attached hydrogens (tertiary/aromatic N) is 3.